The largest absolute Gasteiger partial charge is 0.399 e. The summed E-state index contributed by atoms with van der Waals surface area (Å²) in [6, 6.07) is 3.11. The van der Waals surface area contributed by atoms with Crippen LogP contribution >= 0.6 is 11.6 Å². The van der Waals surface area contributed by atoms with Crippen LogP contribution in [0.5, 0.6) is 0 Å². The van der Waals surface area contributed by atoms with Crippen LogP contribution < -0.4 is 16.4 Å². The van der Waals surface area contributed by atoms with Gasteiger partial charge < -0.3 is 21.5 Å². The van der Waals surface area contributed by atoms with Crippen LogP contribution in [0.2, 0.25) is 5.02 Å². The van der Waals surface area contributed by atoms with Gasteiger partial charge in [0.1, 0.15) is 0 Å². The maximum Gasteiger partial charge on any atom is 0.250 e. The van der Waals surface area contributed by atoms with Crippen LogP contribution in [0.15, 0.2) is 12.1 Å². The summed E-state index contributed by atoms with van der Waals surface area (Å²) < 4.78 is 0. The molecule has 1 aromatic carbocycles. The van der Waals surface area contributed by atoms with Gasteiger partial charge >= 0.3 is 0 Å². The topological polar surface area (TPSA) is 92.6 Å². The van der Waals surface area contributed by atoms with E-state index < -0.39 is 5.91 Å². The van der Waals surface area contributed by atoms with Crippen molar-refractivity contribution in [3.63, 3.8) is 0 Å². The molecule has 1 aliphatic heterocycles. The standard InChI is InChI=1S/C14H20ClN3O2/c15-12-7-9(16)6-11(14(17)20)13(12)18-5-3-1-2-4-10(18)8-19/h6-7,10,19H,1-5,8,16H2,(H2,17,20). The van der Waals surface area contributed by atoms with Crippen LogP contribution in [0.25, 0.3) is 0 Å². The normalized spacial score (nSPS) is 19.7. The van der Waals surface area contributed by atoms with E-state index in [4.69, 9.17) is 23.1 Å². The summed E-state index contributed by atoms with van der Waals surface area (Å²) in [5, 5.41) is 10.00. The fourth-order valence-electron chi connectivity index (χ4n) is 2.76. The second-order valence-corrected chi connectivity index (χ2v) is 5.55. The summed E-state index contributed by atoms with van der Waals surface area (Å²) in [6.45, 7) is 0.772. The SMILES string of the molecule is NC(=O)c1cc(N)cc(Cl)c1N1CCCCCC1CO. The highest BCUT2D eigenvalue weighted by Crippen LogP contribution is 2.35. The molecule has 1 saturated heterocycles. The number of nitrogen functional groups attached to an aromatic ring is 1. The highest BCUT2D eigenvalue weighted by molar-refractivity contribution is 6.34. The van der Waals surface area contributed by atoms with Gasteiger partial charge in [0.25, 0.3) is 5.91 Å². The molecule has 1 amide bonds. The molecule has 1 atom stereocenters. The number of halogens is 1. The molecule has 5 nitrogen and oxygen atoms in total. The maximum atomic E-state index is 11.7. The highest BCUT2D eigenvalue weighted by atomic mass is 35.5. The predicted octanol–water partition coefficient (Wildman–Crippen LogP) is 1.76. The summed E-state index contributed by atoms with van der Waals surface area (Å²) in [7, 11) is 0. The maximum absolute atomic E-state index is 11.7. The predicted molar refractivity (Wildman–Crippen MR) is 81.1 cm³/mol. The third kappa shape index (κ3) is 2.99. The van der Waals surface area contributed by atoms with Crippen molar-refractivity contribution in [1.29, 1.82) is 0 Å². The average molecular weight is 298 g/mol. The Kier molecular flexibility index (Phi) is 4.73. The number of anilines is 2. The molecule has 1 aliphatic rings. The highest BCUT2D eigenvalue weighted by Gasteiger charge is 2.26. The van der Waals surface area contributed by atoms with Crippen LogP contribution in [0.3, 0.4) is 0 Å². The molecule has 1 aromatic rings. The minimum absolute atomic E-state index is 0.0267. The molecule has 0 bridgehead atoms. The van der Waals surface area contributed by atoms with E-state index in [0.717, 1.165) is 32.2 Å². The molecule has 0 saturated carbocycles. The van der Waals surface area contributed by atoms with E-state index in [1.807, 2.05) is 4.90 Å². The quantitative estimate of drug-likeness (QED) is 0.741. The van der Waals surface area contributed by atoms with Gasteiger partial charge in [-0.25, -0.2) is 0 Å². The number of hydrogen-bond donors (Lipinski definition) is 3. The lowest BCUT2D eigenvalue weighted by Crippen LogP contribution is -2.39. The lowest BCUT2D eigenvalue weighted by Gasteiger charge is -2.33. The molecular formula is C14H20ClN3O2. The van der Waals surface area contributed by atoms with E-state index >= 15 is 0 Å². The Morgan fingerprint density at radius 2 is 2.15 bits per heavy atom. The van der Waals surface area contributed by atoms with E-state index in [9.17, 15) is 9.90 Å². The summed E-state index contributed by atoms with van der Waals surface area (Å²) in [5.74, 6) is -0.560. The summed E-state index contributed by atoms with van der Waals surface area (Å²) in [4.78, 5) is 13.7. The third-order valence-corrected chi connectivity index (χ3v) is 4.01. The van der Waals surface area contributed by atoms with E-state index in [1.54, 1.807) is 12.1 Å². The number of amides is 1. The molecule has 0 aromatic heterocycles. The molecular weight excluding hydrogens is 278 g/mol. The van der Waals surface area contributed by atoms with E-state index in [1.165, 1.54) is 0 Å². The molecule has 20 heavy (non-hydrogen) atoms. The number of aliphatic hydroxyl groups is 1. The Labute approximate surface area is 123 Å². The molecule has 0 spiro atoms. The number of rotatable bonds is 3. The van der Waals surface area contributed by atoms with Gasteiger partial charge in [0.15, 0.2) is 0 Å². The molecule has 5 N–H and O–H groups in total. The lowest BCUT2D eigenvalue weighted by molar-refractivity contribution is 0.100. The van der Waals surface area contributed by atoms with Gasteiger partial charge in [0.2, 0.25) is 0 Å². The minimum atomic E-state index is -0.560. The monoisotopic (exact) mass is 297 g/mol. The molecule has 1 heterocycles. The van der Waals surface area contributed by atoms with Gasteiger partial charge in [-0.15, -0.1) is 0 Å². The zero-order valence-electron chi connectivity index (χ0n) is 11.3. The van der Waals surface area contributed by atoms with E-state index in [2.05, 4.69) is 0 Å². The van der Waals surface area contributed by atoms with Gasteiger partial charge in [0, 0.05) is 12.2 Å². The second kappa shape index (κ2) is 6.33. The van der Waals surface area contributed by atoms with Crippen LogP contribution in [0.1, 0.15) is 36.0 Å². The molecule has 2 rings (SSSR count). The first-order valence-corrected chi connectivity index (χ1v) is 7.18. The first kappa shape index (κ1) is 14.9. The van der Waals surface area contributed by atoms with Crippen molar-refractivity contribution in [3.05, 3.63) is 22.7 Å². The number of primary amides is 1. The first-order chi connectivity index (χ1) is 9.54. The molecule has 110 valence electrons. The van der Waals surface area contributed by atoms with Gasteiger partial charge in [-0.3, -0.25) is 4.79 Å². The van der Waals surface area contributed by atoms with Crippen LogP contribution in [-0.2, 0) is 0 Å². The van der Waals surface area contributed by atoms with Crippen LogP contribution in [0.4, 0.5) is 11.4 Å². The molecule has 1 unspecified atom stereocenters. The zero-order chi connectivity index (χ0) is 14.7. The van der Waals surface area contributed by atoms with E-state index in [0.29, 0.717) is 22.0 Å². The van der Waals surface area contributed by atoms with Gasteiger partial charge in [-0.1, -0.05) is 24.4 Å². The first-order valence-electron chi connectivity index (χ1n) is 6.81. The van der Waals surface area contributed by atoms with Crippen LogP contribution in [0, 0.1) is 0 Å². The number of carbonyl (C=O) groups excluding carboxylic acids is 1. The minimum Gasteiger partial charge on any atom is -0.399 e. The number of hydrogen-bond acceptors (Lipinski definition) is 4. The van der Waals surface area contributed by atoms with E-state index in [-0.39, 0.29) is 12.6 Å². The Morgan fingerprint density at radius 1 is 1.40 bits per heavy atom. The summed E-state index contributed by atoms with van der Waals surface area (Å²) in [5.41, 5.74) is 12.5. The lowest BCUT2D eigenvalue weighted by atomic mass is 10.1. The Morgan fingerprint density at radius 3 is 2.80 bits per heavy atom. The fourth-order valence-corrected chi connectivity index (χ4v) is 3.10. The number of carbonyl (C=O) groups is 1. The van der Waals surface area contributed by atoms with Crippen molar-refractivity contribution < 1.29 is 9.90 Å². The Balaban J connectivity index is 2.51. The number of aliphatic hydroxyl groups excluding tert-OH is 1. The molecule has 0 radical (unpaired) electrons. The Bertz CT molecular complexity index is 507. The average Bonchev–Trinajstić information content (AvgIpc) is 2.62. The summed E-state index contributed by atoms with van der Waals surface area (Å²) in [6.07, 6.45) is 4.02. The number of benzene rings is 1. The molecule has 1 fully saturated rings. The second-order valence-electron chi connectivity index (χ2n) is 5.14. The molecule has 0 aliphatic carbocycles. The van der Waals surface area contributed by atoms with Crippen molar-refractivity contribution in [3.8, 4) is 0 Å². The van der Waals surface area contributed by atoms with Gasteiger partial charge in [-0.05, 0) is 25.0 Å². The molecule has 6 heteroatoms. The van der Waals surface area contributed by atoms with Crippen molar-refractivity contribution in [2.45, 2.75) is 31.7 Å². The number of nitrogens with zero attached hydrogens (tertiary/aromatic N) is 1. The smallest absolute Gasteiger partial charge is 0.250 e. The fraction of sp³-hybridized carbons (Fsp3) is 0.500. The summed E-state index contributed by atoms with van der Waals surface area (Å²) >= 11 is 6.28. The Hall–Kier alpha value is -1.46. The zero-order valence-corrected chi connectivity index (χ0v) is 12.1. The third-order valence-electron chi connectivity index (χ3n) is 3.73. The van der Waals surface area contributed by atoms with Gasteiger partial charge in [0.05, 0.1) is 28.9 Å². The van der Waals surface area contributed by atoms with Crippen molar-refractivity contribution >= 4 is 28.9 Å². The van der Waals surface area contributed by atoms with Crippen LogP contribution in [-0.4, -0.2) is 30.2 Å². The van der Waals surface area contributed by atoms with Crippen molar-refractivity contribution in [1.82, 2.24) is 0 Å². The number of nitrogens with two attached hydrogens (primary N) is 2. The van der Waals surface area contributed by atoms with Gasteiger partial charge in [-0.2, -0.15) is 0 Å². The van der Waals surface area contributed by atoms with Crippen molar-refractivity contribution in [2.75, 3.05) is 23.8 Å². The van der Waals surface area contributed by atoms with Crippen molar-refractivity contribution in [2.24, 2.45) is 5.73 Å².